The van der Waals surface area contributed by atoms with E-state index in [1.165, 1.54) is 40.8 Å². The van der Waals surface area contributed by atoms with Crippen molar-refractivity contribution < 1.29 is 14.0 Å². The summed E-state index contributed by atoms with van der Waals surface area (Å²) in [5.41, 5.74) is 0.995. The summed E-state index contributed by atoms with van der Waals surface area (Å²) in [5.74, 6) is -1.60. The lowest BCUT2D eigenvalue weighted by Crippen LogP contribution is -2.33. The Balaban J connectivity index is 1.54. The van der Waals surface area contributed by atoms with Crippen molar-refractivity contribution in [2.75, 3.05) is 11.9 Å². The summed E-state index contributed by atoms with van der Waals surface area (Å²) in [7, 11) is 0. The number of benzene rings is 1. The number of aryl methyl sites for hydroxylation is 2. The fourth-order valence-corrected chi connectivity index (χ4v) is 3.71. The third kappa shape index (κ3) is 3.97. The minimum Gasteiger partial charge on any atom is -0.343 e. The standard InChI is InChI=1S/C17H18FN3O2S/c18-12-7-5-4-6-11(12)16(23)19-10-15(22)21-17-20-13-8-2-1-3-9-14(13)24-17/h4-7H,1-3,8-10H2,(H,19,23)(H,20,21,22). The lowest BCUT2D eigenvalue weighted by atomic mass is 10.2. The van der Waals surface area contributed by atoms with E-state index in [1.54, 1.807) is 6.07 Å². The third-order valence-corrected chi connectivity index (χ3v) is 4.94. The number of amides is 2. The lowest BCUT2D eigenvalue weighted by molar-refractivity contribution is -0.115. The third-order valence-electron chi connectivity index (χ3n) is 3.87. The number of hydrogen-bond acceptors (Lipinski definition) is 4. The van der Waals surface area contributed by atoms with Crippen LogP contribution in [0, 0.1) is 5.82 Å². The van der Waals surface area contributed by atoms with Gasteiger partial charge < -0.3 is 10.6 Å². The Morgan fingerprint density at radius 2 is 1.96 bits per heavy atom. The van der Waals surface area contributed by atoms with Crippen LogP contribution in [0.5, 0.6) is 0 Å². The van der Waals surface area contributed by atoms with Crippen molar-refractivity contribution in [2.24, 2.45) is 0 Å². The van der Waals surface area contributed by atoms with Crippen LogP contribution in [-0.2, 0) is 17.6 Å². The van der Waals surface area contributed by atoms with Crippen LogP contribution in [0.3, 0.4) is 0 Å². The molecule has 2 N–H and O–H groups in total. The van der Waals surface area contributed by atoms with Crippen molar-refractivity contribution >= 4 is 28.3 Å². The van der Waals surface area contributed by atoms with E-state index < -0.39 is 11.7 Å². The largest absolute Gasteiger partial charge is 0.343 e. The van der Waals surface area contributed by atoms with Crippen LogP contribution in [0.15, 0.2) is 24.3 Å². The molecule has 0 bridgehead atoms. The van der Waals surface area contributed by atoms with Gasteiger partial charge in [-0.25, -0.2) is 9.37 Å². The second-order valence-electron chi connectivity index (χ2n) is 5.66. The lowest BCUT2D eigenvalue weighted by Gasteiger charge is -2.05. The SMILES string of the molecule is O=C(CNC(=O)c1ccccc1F)Nc1nc2c(s1)CCCCC2. The number of nitrogens with zero attached hydrogens (tertiary/aromatic N) is 1. The minimum atomic E-state index is -0.613. The summed E-state index contributed by atoms with van der Waals surface area (Å²) >= 11 is 1.49. The Morgan fingerprint density at radius 3 is 2.79 bits per heavy atom. The molecule has 0 atom stereocenters. The van der Waals surface area contributed by atoms with Gasteiger partial charge in [-0.1, -0.05) is 18.6 Å². The molecule has 0 spiro atoms. The molecule has 1 heterocycles. The summed E-state index contributed by atoms with van der Waals surface area (Å²) in [6.45, 7) is -0.225. The van der Waals surface area contributed by atoms with Crippen molar-refractivity contribution in [3.8, 4) is 0 Å². The first-order chi connectivity index (χ1) is 11.6. The molecule has 0 fully saturated rings. The van der Waals surface area contributed by atoms with Crippen LogP contribution in [0.2, 0.25) is 0 Å². The Morgan fingerprint density at radius 1 is 1.17 bits per heavy atom. The van der Waals surface area contributed by atoms with E-state index in [4.69, 9.17) is 0 Å². The van der Waals surface area contributed by atoms with E-state index in [0.29, 0.717) is 5.13 Å². The molecular formula is C17H18FN3O2S. The predicted molar refractivity (Wildman–Crippen MR) is 90.7 cm³/mol. The Labute approximate surface area is 143 Å². The number of hydrogen-bond donors (Lipinski definition) is 2. The highest BCUT2D eigenvalue weighted by atomic mass is 32.1. The number of thiazole rings is 1. The highest BCUT2D eigenvalue weighted by molar-refractivity contribution is 7.15. The molecule has 0 aliphatic heterocycles. The first-order valence-electron chi connectivity index (χ1n) is 7.94. The molecule has 0 saturated heterocycles. The van der Waals surface area contributed by atoms with Gasteiger partial charge in [0.2, 0.25) is 5.91 Å². The zero-order valence-electron chi connectivity index (χ0n) is 13.1. The molecule has 2 aromatic rings. The highest BCUT2D eigenvalue weighted by Crippen LogP contribution is 2.28. The van der Waals surface area contributed by atoms with Crippen molar-refractivity contribution in [1.82, 2.24) is 10.3 Å². The first-order valence-corrected chi connectivity index (χ1v) is 8.76. The molecule has 0 unspecified atom stereocenters. The van der Waals surface area contributed by atoms with E-state index in [0.717, 1.165) is 31.4 Å². The van der Waals surface area contributed by atoms with Crippen LogP contribution >= 0.6 is 11.3 Å². The van der Waals surface area contributed by atoms with Gasteiger partial charge in [0.1, 0.15) is 5.82 Å². The second kappa shape index (κ2) is 7.53. The molecule has 3 rings (SSSR count). The number of aromatic nitrogens is 1. The molecular weight excluding hydrogens is 329 g/mol. The number of halogens is 1. The van der Waals surface area contributed by atoms with Crippen LogP contribution in [-0.4, -0.2) is 23.3 Å². The van der Waals surface area contributed by atoms with Crippen molar-refractivity contribution in [1.29, 1.82) is 0 Å². The summed E-state index contributed by atoms with van der Waals surface area (Å²) in [6.07, 6.45) is 5.45. The van der Waals surface area contributed by atoms with Gasteiger partial charge in [-0.15, -0.1) is 11.3 Å². The monoisotopic (exact) mass is 347 g/mol. The molecule has 0 saturated carbocycles. The van der Waals surface area contributed by atoms with Gasteiger partial charge in [0, 0.05) is 4.88 Å². The van der Waals surface area contributed by atoms with E-state index in [9.17, 15) is 14.0 Å². The number of anilines is 1. The summed E-state index contributed by atoms with van der Waals surface area (Å²) in [4.78, 5) is 29.5. The van der Waals surface area contributed by atoms with Crippen molar-refractivity contribution in [3.05, 3.63) is 46.2 Å². The highest BCUT2D eigenvalue weighted by Gasteiger charge is 2.16. The van der Waals surface area contributed by atoms with Crippen molar-refractivity contribution in [2.45, 2.75) is 32.1 Å². The molecule has 126 valence electrons. The van der Waals surface area contributed by atoms with Gasteiger partial charge in [0.25, 0.3) is 5.91 Å². The summed E-state index contributed by atoms with van der Waals surface area (Å²) < 4.78 is 13.5. The molecule has 24 heavy (non-hydrogen) atoms. The first kappa shape index (κ1) is 16.6. The van der Waals surface area contributed by atoms with Crippen LogP contribution in [0.4, 0.5) is 9.52 Å². The number of fused-ring (bicyclic) bond motifs is 1. The molecule has 0 radical (unpaired) electrons. The van der Waals surface area contributed by atoms with Gasteiger partial charge in [-0.3, -0.25) is 9.59 Å². The summed E-state index contributed by atoms with van der Waals surface area (Å²) in [5, 5.41) is 5.68. The predicted octanol–water partition coefficient (Wildman–Crippen LogP) is 2.92. The minimum absolute atomic E-state index is 0.0775. The average Bonchev–Trinajstić information content (AvgIpc) is 2.81. The Bertz CT molecular complexity index is 737. The van der Waals surface area contributed by atoms with Gasteiger partial charge in [-0.05, 0) is 37.8 Å². The number of nitrogens with one attached hydrogen (secondary N) is 2. The van der Waals surface area contributed by atoms with Crippen LogP contribution < -0.4 is 10.6 Å². The Hall–Kier alpha value is -2.28. The maximum atomic E-state index is 13.5. The zero-order valence-corrected chi connectivity index (χ0v) is 13.9. The zero-order chi connectivity index (χ0) is 16.9. The van der Waals surface area contributed by atoms with Gasteiger partial charge >= 0.3 is 0 Å². The molecule has 1 aromatic heterocycles. The van der Waals surface area contributed by atoms with Crippen molar-refractivity contribution in [3.63, 3.8) is 0 Å². The normalized spacial score (nSPS) is 13.7. The number of carbonyl (C=O) groups excluding carboxylic acids is 2. The number of carbonyl (C=O) groups is 2. The fraction of sp³-hybridized carbons (Fsp3) is 0.353. The van der Waals surface area contributed by atoms with E-state index in [1.807, 2.05) is 0 Å². The fourth-order valence-electron chi connectivity index (χ4n) is 2.65. The van der Waals surface area contributed by atoms with Crippen LogP contribution in [0.25, 0.3) is 0 Å². The maximum absolute atomic E-state index is 13.5. The molecule has 5 nitrogen and oxygen atoms in total. The smallest absolute Gasteiger partial charge is 0.254 e. The molecule has 7 heteroatoms. The van der Waals surface area contributed by atoms with Gasteiger partial charge in [0.05, 0.1) is 17.8 Å². The summed E-state index contributed by atoms with van der Waals surface area (Å²) in [6, 6.07) is 5.66. The number of rotatable bonds is 4. The van der Waals surface area contributed by atoms with E-state index >= 15 is 0 Å². The van der Waals surface area contributed by atoms with Gasteiger partial charge in [0.15, 0.2) is 5.13 Å². The van der Waals surface area contributed by atoms with Gasteiger partial charge in [-0.2, -0.15) is 0 Å². The molecule has 1 aliphatic carbocycles. The maximum Gasteiger partial charge on any atom is 0.254 e. The average molecular weight is 347 g/mol. The molecule has 1 aliphatic rings. The quantitative estimate of drug-likeness (QED) is 0.836. The topological polar surface area (TPSA) is 71.1 Å². The second-order valence-corrected chi connectivity index (χ2v) is 6.74. The van der Waals surface area contributed by atoms with E-state index in [2.05, 4.69) is 15.6 Å². The van der Waals surface area contributed by atoms with Crippen LogP contribution in [0.1, 0.15) is 40.2 Å². The molecule has 2 amide bonds. The Kier molecular flexibility index (Phi) is 5.20. The molecule has 1 aromatic carbocycles. The van der Waals surface area contributed by atoms with E-state index in [-0.39, 0.29) is 18.0 Å².